The minimum Gasteiger partial charge on any atom is -0.507 e. The maximum Gasteiger partial charge on any atom is 0.308 e. The van der Waals surface area contributed by atoms with Crippen LogP contribution < -0.4 is 0 Å². The van der Waals surface area contributed by atoms with E-state index in [1.807, 2.05) is 58.9 Å². The van der Waals surface area contributed by atoms with Gasteiger partial charge in [-0.1, -0.05) is 167 Å². The number of aryl methyl sites for hydroxylation is 4. The molecule has 2 rings (SSSR count). The molecule has 300 valence electrons. The van der Waals surface area contributed by atoms with E-state index >= 15 is 0 Å². The van der Waals surface area contributed by atoms with Crippen molar-refractivity contribution in [1.82, 2.24) is 0 Å². The van der Waals surface area contributed by atoms with Crippen molar-refractivity contribution >= 4 is 11.9 Å². The Kier molecular flexibility index (Phi) is 22.5. The quantitative estimate of drug-likeness (QED) is 0.0491. The molecule has 0 aliphatic rings. The SMILES string of the molecule is CCCCCCCCCCCCCC(=O)OC(OC(=O)CCCCCCCCCCCCC)C(C)(c1cc(C)c(O)c(C)c1)c1cc(C)c(O)c(C)c1. The van der Waals surface area contributed by atoms with Gasteiger partial charge in [0.05, 0.1) is 5.41 Å². The summed E-state index contributed by atoms with van der Waals surface area (Å²) in [5, 5.41) is 21.4. The molecule has 0 saturated carbocycles. The van der Waals surface area contributed by atoms with Crippen molar-refractivity contribution in [2.75, 3.05) is 0 Å². The van der Waals surface area contributed by atoms with Gasteiger partial charge < -0.3 is 19.7 Å². The van der Waals surface area contributed by atoms with E-state index in [9.17, 15) is 19.8 Å². The molecule has 0 aliphatic heterocycles. The first kappa shape index (κ1) is 46.1. The van der Waals surface area contributed by atoms with Crippen molar-refractivity contribution in [2.45, 2.75) is 214 Å². The Morgan fingerprint density at radius 1 is 0.491 bits per heavy atom. The van der Waals surface area contributed by atoms with Crippen LogP contribution in [0.15, 0.2) is 24.3 Å². The molecule has 0 heterocycles. The van der Waals surface area contributed by atoms with Crippen molar-refractivity contribution < 1.29 is 29.3 Å². The van der Waals surface area contributed by atoms with Crippen LogP contribution in [0.1, 0.15) is 208 Å². The van der Waals surface area contributed by atoms with E-state index in [4.69, 9.17) is 9.47 Å². The largest absolute Gasteiger partial charge is 0.507 e. The molecule has 0 fully saturated rings. The van der Waals surface area contributed by atoms with Gasteiger partial charge in [0, 0.05) is 12.8 Å². The van der Waals surface area contributed by atoms with E-state index in [1.165, 1.54) is 103 Å². The summed E-state index contributed by atoms with van der Waals surface area (Å²) in [6, 6.07) is 7.51. The van der Waals surface area contributed by atoms with Crippen LogP contribution in [0.25, 0.3) is 0 Å². The van der Waals surface area contributed by atoms with Gasteiger partial charge in [0.1, 0.15) is 11.5 Å². The predicted molar refractivity (Wildman–Crippen MR) is 220 cm³/mol. The molecular formula is C47H76O6. The summed E-state index contributed by atoms with van der Waals surface area (Å²) in [6.07, 6.45) is 25.4. The van der Waals surface area contributed by atoms with Crippen LogP contribution in [-0.4, -0.2) is 28.4 Å². The number of carbonyl (C=O) groups excluding carboxylic acids is 2. The number of unbranched alkanes of at least 4 members (excludes halogenated alkanes) is 20. The van der Waals surface area contributed by atoms with E-state index < -0.39 is 11.7 Å². The Morgan fingerprint density at radius 2 is 0.736 bits per heavy atom. The van der Waals surface area contributed by atoms with Crippen LogP contribution in [-0.2, 0) is 24.5 Å². The number of phenols is 2. The van der Waals surface area contributed by atoms with Crippen molar-refractivity contribution in [3.63, 3.8) is 0 Å². The maximum atomic E-state index is 13.5. The van der Waals surface area contributed by atoms with Gasteiger partial charge >= 0.3 is 11.9 Å². The van der Waals surface area contributed by atoms with Gasteiger partial charge in [0.15, 0.2) is 0 Å². The molecule has 6 heteroatoms. The van der Waals surface area contributed by atoms with Crippen LogP contribution in [0.2, 0.25) is 0 Å². The first-order chi connectivity index (χ1) is 25.4. The number of carbonyl (C=O) groups is 2. The Labute approximate surface area is 323 Å². The molecule has 0 saturated heterocycles. The average Bonchev–Trinajstić information content (AvgIpc) is 3.13. The molecule has 0 atom stereocenters. The van der Waals surface area contributed by atoms with Crippen LogP contribution in [0.4, 0.5) is 0 Å². The smallest absolute Gasteiger partial charge is 0.308 e. The summed E-state index contributed by atoms with van der Waals surface area (Å²) in [5.41, 5.74) is 3.10. The van der Waals surface area contributed by atoms with Gasteiger partial charge in [-0.2, -0.15) is 0 Å². The van der Waals surface area contributed by atoms with Gasteiger partial charge in [-0.15, -0.1) is 0 Å². The van der Waals surface area contributed by atoms with E-state index in [2.05, 4.69) is 13.8 Å². The second-order valence-corrected chi connectivity index (χ2v) is 16.0. The molecule has 0 unspecified atom stereocenters. The molecule has 6 nitrogen and oxygen atoms in total. The first-order valence-corrected chi connectivity index (χ1v) is 21.5. The highest BCUT2D eigenvalue weighted by Gasteiger charge is 2.44. The van der Waals surface area contributed by atoms with Crippen molar-refractivity contribution in [2.24, 2.45) is 0 Å². The highest BCUT2D eigenvalue weighted by atomic mass is 16.7. The molecule has 2 N–H and O–H groups in total. The first-order valence-electron chi connectivity index (χ1n) is 21.5. The monoisotopic (exact) mass is 737 g/mol. The third-order valence-corrected chi connectivity index (χ3v) is 11.1. The number of phenolic OH excluding ortho intramolecular Hbond substituents is 2. The second kappa shape index (κ2) is 25.9. The van der Waals surface area contributed by atoms with Gasteiger partial charge in [-0.3, -0.25) is 9.59 Å². The fourth-order valence-electron chi connectivity index (χ4n) is 7.43. The lowest BCUT2D eigenvalue weighted by Crippen LogP contribution is -2.44. The van der Waals surface area contributed by atoms with E-state index in [-0.39, 0.29) is 36.3 Å². The van der Waals surface area contributed by atoms with Gasteiger partial charge in [-0.25, -0.2) is 0 Å². The summed E-state index contributed by atoms with van der Waals surface area (Å²) >= 11 is 0. The Balaban J connectivity index is 2.17. The van der Waals surface area contributed by atoms with Crippen molar-refractivity contribution in [3.05, 3.63) is 57.6 Å². The molecule has 0 spiro atoms. The van der Waals surface area contributed by atoms with E-state index in [0.717, 1.165) is 49.7 Å². The molecule has 53 heavy (non-hydrogen) atoms. The third kappa shape index (κ3) is 16.5. The lowest BCUT2D eigenvalue weighted by Gasteiger charge is -2.38. The van der Waals surface area contributed by atoms with Crippen molar-refractivity contribution in [1.29, 1.82) is 0 Å². The summed E-state index contributed by atoms with van der Waals surface area (Å²) in [7, 11) is 0. The van der Waals surface area contributed by atoms with E-state index in [1.54, 1.807) is 0 Å². The minimum absolute atomic E-state index is 0.202. The number of ether oxygens (including phenoxy) is 2. The molecule has 2 aromatic rings. The third-order valence-electron chi connectivity index (χ3n) is 11.1. The van der Waals surface area contributed by atoms with Gasteiger partial charge in [0.2, 0.25) is 0 Å². The zero-order valence-corrected chi connectivity index (χ0v) is 34.9. The molecule has 0 radical (unpaired) electrons. The van der Waals surface area contributed by atoms with Gasteiger partial charge in [0.25, 0.3) is 6.29 Å². The Morgan fingerprint density at radius 3 is 1.00 bits per heavy atom. The zero-order valence-electron chi connectivity index (χ0n) is 34.9. The summed E-state index contributed by atoms with van der Waals surface area (Å²) in [6.45, 7) is 13.8. The van der Waals surface area contributed by atoms with Crippen LogP contribution >= 0.6 is 0 Å². The molecule has 0 aliphatic carbocycles. The summed E-state index contributed by atoms with van der Waals surface area (Å²) in [4.78, 5) is 27.1. The standard InChI is InChI=1S/C47H76O6/c1-8-10-12-14-16-18-20-22-24-26-28-30-42(48)52-46(53-43(49)31-29-27-25-23-21-19-17-15-13-11-9-2)47(7,40-32-36(3)44(50)37(4)33-40)41-34-38(5)45(51)39(6)35-41/h32-35,46,50-51H,8-31H2,1-7H3. The lowest BCUT2D eigenvalue weighted by atomic mass is 9.73. The van der Waals surface area contributed by atoms with Crippen LogP contribution in [0, 0.1) is 27.7 Å². The molecule has 2 aromatic carbocycles. The Hall–Kier alpha value is -3.02. The number of hydrogen-bond acceptors (Lipinski definition) is 6. The molecule has 0 bridgehead atoms. The van der Waals surface area contributed by atoms with Gasteiger partial charge in [-0.05, 0) is 80.8 Å². The number of benzene rings is 2. The Bertz CT molecular complexity index is 1200. The fraction of sp³-hybridized carbons (Fsp3) is 0.702. The molecule has 0 aromatic heterocycles. The van der Waals surface area contributed by atoms with Crippen LogP contribution in [0.5, 0.6) is 11.5 Å². The molecule has 0 amide bonds. The second-order valence-electron chi connectivity index (χ2n) is 16.0. The number of aromatic hydroxyl groups is 2. The molecular weight excluding hydrogens is 661 g/mol. The predicted octanol–water partition coefficient (Wildman–Crippen LogP) is 13.5. The number of rotatable bonds is 29. The lowest BCUT2D eigenvalue weighted by molar-refractivity contribution is -0.198. The summed E-state index contributed by atoms with van der Waals surface area (Å²) in [5.74, 6) is -0.376. The maximum absolute atomic E-state index is 13.5. The fourth-order valence-corrected chi connectivity index (χ4v) is 7.43. The number of hydrogen-bond donors (Lipinski definition) is 2. The van der Waals surface area contributed by atoms with Crippen LogP contribution in [0.3, 0.4) is 0 Å². The topological polar surface area (TPSA) is 93.1 Å². The minimum atomic E-state index is -1.24. The number of esters is 2. The van der Waals surface area contributed by atoms with Crippen molar-refractivity contribution in [3.8, 4) is 11.5 Å². The normalized spacial score (nSPS) is 11.7. The zero-order chi connectivity index (χ0) is 39.1. The highest BCUT2D eigenvalue weighted by Crippen LogP contribution is 2.42. The van der Waals surface area contributed by atoms with E-state index in [0.29, 0.717) is 22.3 Å². The average molecular weight is 737 g/mol. The summed E-state index contributed by atoms with van der Waals surface area (Å²) < 4.78 is 12.4. The highest BCUT2D eigenvalue weighted by molar-refractivity contribution is 5.72.